The normalized spacial score (nSPS) is 20.9. The van der Waals surface area contributed by atoms with E-state index in [-0.39, 0.29) is 16.0 Å². The molecule has 4 nitrogen and oxygen atoms in total. The fraction of sp³-hybridized carbons (Fsp3) is 0.455. The van der Waals surface area contributed by atoms with Gasteiger partial charge in [0, 0.05) is 12.6 Å². The second-order valence-corrected chi connectivity index (χ2v) is 6.33. The first kappa shape index (κ1) is 13.7. The lowest BCUT2D eigenvalue weighted by molar-refractivity contribution is 0.428. The zero-order chi connectivity index (χ0) is 13.2. The Morgan fingerprint density at radius 2 is 2.22 bits per heavy atom. The highest BCUT2D eigenvalue weighted by atomic mass is 35.5. The molecule has 1 heterocycles. The summed E-state index contributed by atoms with van der Waals surface area (Å²) in [4.78, 5) is -0.213. The summed E-state index contributed by atoms with van der Waals surface area (Å²) in [7, 11) is -3.78. The number of piperidine rings is 1. The molecular weight excluding hydrogens is 279 g/mol. The van der Waals surface area contributed by atoms with E-state index < -0.39 is 15.8 Å². The number of rotatable bonds is 3. The molecule has 1 aromatic carbocycles. The quantitative estimate of drug-likeness (QED) is 0.888. The summed E-state index contributed by atoms with van der Waals surface area (Å²) >= 11 is 5.80. The van der Waals surface area contributed by atoms with Gasteiger partial charge in [-0.3, -0.25) is 0 Å². The van der Waals surface area contributed by atoms with E-state index in [1.54, 1.807) is 0 Å². The fourth-order valence-electron chi connectivity index (χ4n) is 1.92. The van der Waals surface area contributed by atoms with Crippen LogP contribution in [0, 0.1) is 5.82 Å². The van der Waals surface area contributed by atoms with E-state index in [4.69, 9.17) is 11.6 Å². The van der Waals surface area contributed by atoms with Crippen molar-refractivity contribution in [3.63, 3.8) is 0 Å². The Bertz CT molecular complexity index is 530. The predicted octanol–water partition coefficient (Wildman–Crippen LogP) is 1.51. The Morgan fingerprint density at radius 1 is 1.44 bits per heavy atom. The van der Waals surface area contributed by atoms with E-state index in [2.05, 4.69) is 10.0 Å². The molecule has 2 N–H and O–H groups in total. The molecule has 1 aliphatic rings. The molecule has 1 unspecified atom stereocenters. The van der Waals surface area contributed by atoms with Crippen LogP contribution >= 0.6 is 11.6 Å². The molecule has 1 saturated heterocycles. The highest BCUT2D eigenvalue weighted by Gasteiger charge is 2.24. The Kier molecular flexibility index (Phi) is 4.21. The lowest BCUT2D eigenvalue weighted by atomic mass is 10.1. The average Bonchev–Trinajstić information content (AvgIpc) is 2.33. The van der Waals surface area contributed by atoms with Crippen LogP contribution in [0.25, 0.3) is 0 Å². The van der Waals surface area contributed by atoms with Crippen molar-refractivity contribution in [2.45, 2.75) is 23.8 Å². The molecule has 0 bridgehead atoms. The maximum atomic E-state index is 13.1. The molecule has 0 amide bonds. The molecular formula is C11H14ClFN2O2S. The van der Waals surface area contributed by atoms with Gasteiger partial charge in [-0.05, 0) is 37.6 Å². The fourth-order valence-corrected chi connectivity index (χ4v) is 3.70. The molecule has 0 spiro atoms. The summed E-state index contributed by atoms with van der Waals surface area (Å²) in [5, 5.41) is 3.12. The number of hydrogen-bond acceptors (Lipinski definition) is 3. The van der Waals surface area contributed by atoms with Gasteiger partial charge in [0.2, 0.25) is 10.0 Å². The van der Waals surface area contributed by atoms with Gasteiger partial charge < -0.3 is 5.32 Å². The molecule has 1 fully saturated rings. The van der Waals surface area contributed by atoms with Gasteiger partial charge in [-0.2, -0.15) is 0 Å². The van der Waals surface area contributed by atoms with Crippen LogP contribution in [0.4, 0.5) is 4.39 Å². The van der Waals surface area contributed by atoms with Gasteiger partial charge in [0.25, 0.3) is 0 Å². The van der Waals surface area contributed by atoms with Gasteiger partial charge >= 0.3 is 0 Å². The van der Waals surface area contributed by atoms with Gasteiger partial charge in [0.15, 0.2) is 0 Å². The molecule has 0 saturated carbocycles. The van der Waals surface area contributed by atoms with Crippen molar-refractivity contribution in [3.8, 4) is 0 Å². The molecule has 1 atom stereocenters. The van der Waals surface area contributed by atoms with Crippen molar-refractivity contribution < 1.29 is 12.8 Å². The topological polar surface area (TPSA) is 58.2 Å². The zero-order valence-electron chi connectivity index (χ0n) is 9.62. The van der Waals surface area contributed by atoms with Crippen LogP contribution in [-0.2, 0) is 10.0 Å². The van der Waals surface area contributed by atoms with E-state index in [0.717, 1.165) is 31.5 Å². The van der Waals surface area contributed by atoms with E-state index in [0.29, 0.717) is 6.54 Å². The minimum Gasteiger partial charge on any atom is -0.315 e. The minimum absolute atomic E-state index is 0.0210. The molecule has 1 aliphatic heterocycles. The molecule has 0 aliphatic carbocycles. The average molecular weight is 293 g/mol. The summed E-state index contributed by atoms with van der Waals surface area (Å²) in [5.74, 6) is -0.624. The summed E-state index contributed by atoms with van der Waals surface area (Å²) < 4.78 is 39.8. The Morgan fingerprint density at radius 3 is 2.89 bits per heavy atom. The smallest absolute Gasteiger partial charge is 0.242 e. The van der Waals surface area contributed by atoms with E-state index in [1.807, 2.05) is 0 Å². The standard InChI is InChI=1S/C11H14ClFN2O2S/c12-10-4-3-8(13)6-11(10)18(16,17)15-9-2-1-5-14-7-9/h3-4,6,9,14-15H,1-2,5,7H2. The first-order valence-corrected chi connectivity index (χ1v) is 7.53. The first-order valence-electron chi connectivity index (χ1n) is 5.67. The number of sulfonamides is 1. The van der Waals surface area contributed by atoms with Gasteiger partial charge in [-0.25, -0.2) is 17.5 Å². The number of nitrogens with one attached hydrogen (secondary N) is 2. The lowest BCUT2D eigenvalue weighted by Gasteiger charge is -2.23. The van der Waals surface area contributed by atoms with Crippen LogP contribution in [0.15, 0.2) is 23.1 Å². The third-order valence-corrected chi connectivity index (χ3v) is 4.80. The monoisotopic (exact) mass is 292 g/mol. The van der Waals surface area contributed by atoms with E-state index >= 15 is 0 Å². The summed E-state index contributed by atoms with van der Waals surface area (Å²) in [5.41, 5.74) is 0. The van der Waals surface area contributed by atoms with Crippen molar-refractivity contribution in [2.24, 2.45) is 0 Å². The van der Waals surface area contributed by atoms with Crippen LogP contribution in [0.1, 0.15) is 12.8 Å². The summed E-state index contributed by atoms with van der Waals surface area (Å²) in [6, 6.07) is 3.12. The maximum Gasteiger partial charge on any atom is 0.242 e. The van der Waals surface area contributed by atoms with Gasteiger partial charge in [-0.15, -0.1) is 0 Å². The third kappa shape index (κ3) is 3.20. The number of hydrogen-bond donors (Lipinski definition) is 2. The second kappa shape index (κ2) is 5.52. The molecule has 2 rings (SSSR count). The molecule has 1 aromatic rings. The number of halogens is 2. The van der Waals surface area contributed by atoms with Crippen LogP contribution in [0.2, 0.25) is 5.02 Å². The minimum atomic E-state index is -3.78. The van der Waals surface area contributed by atoms with Crippen molar-refractivity contribution in [2.75, 3.05) is 13.1 Å². The molecule has 18 heavy (non-hydrogen) atoms. The Hall–Kier alpha value is -0.690. The Balaban J connectivity index is 2.21. The van der Waals surface area contributed by atoms with E-state index in [9.17, 15) is 12.8 Å². The molecule has 7 heteroatoms. The lowest BCUT2D eigenvalue weighted by Crippen LogP contribution is -2.45. The zero-order valence-corrected chi connectivity index (χ0v) is 11.2. The third-order valence-electron chi connectivity index (χ3n) is 2.80. The predicted molar refractivity (Wildman–Crippen MR) is 67.6 cm³/mol. The van der Waals surface area contributed by atoms with Crippen LogP contribution < -0.4 is 10.0 Å². The highest BCUT2D eigenvalue weighted by molar-refractivity contribution is 7.89. The van der Waals surface area contributed by atoms with Crippen molar-refractivity contribution >= 4 is 21.6 Å². The summed E-state index contributed by atoms with van der Waals surface area (Å²) in [6.45, 7) is 1.46. The van der Waals surface area contributed by atoms with Crippen LogP contribution in [0.5, 0.6) is 0 Å². The van der Waals surface area contributed by atoms with Crippen LogP contribution in [-0.4, -0.2) is 27.5 Å². The van der Waals surface area contributed by atoms with Crippen molar-refractivity contribution in [3.05, 3.63) is 29.0 Å². The highest BCUT2D eigenvalue weighted by Crippen LogP contribution is 2.22. The summed E-state index contributed by atoms with van der Waals surface area (Å²) in [6.07, 6.45) is 1.67. The van der Waals surface area contributed by atoms with Gasteiger partial charge in [-0.1, -0.05) is 11.6 Å². The molecule has 0 aromatic heterocycles. The second-order valence-electron chi connectivity index (χ2n) is 4.24. The molecule has 100 valence electrons. The first-order chi connectivity index (χ1) is 8.49. The van der Waals surface area contributed by atoms with Gasteiger partial charge in [0.05, 0.1) is 5.02 Å². The maximum absolute atomic E-state index is 13.1. The van der Waals surface area contributed by atoms with Crippen molar-refractivity contribution in [1.82, 2.24) is 10.0 Å². The number of benzene rings is 1. The Labute approximate surface area is 111 Å². The van der Waals surface area contributed by atoms with Crippen LogP contribution in [0.3, 0.4) is 0 Å². The van der Waals surface area contributed by atoms with E-state index in [1.165, 1.54) is 6.07 Å². The van der Waals surface area contributed by atoms with Crippen molar-refractivity contribution in [1.29, 1.82) is 0 Å². The van der Waals surface area contributed by atoms with Gasteiger partial charge in [0.1, 0.15) is 10.7 Å². The SMILES string of the molecule is O=S(=O)(NC1CCCNC1)c1cc(F)ccc1Cl. The largest absolute Gasteiger partial charge is 0.315 e. The molecule has 0 radical (unpaired) electrons.